The normalized spacial score (nSPS) is 11.5. The molecule has 0 unspecified atom stereocenters. The standard InChI is InChI=1S/C16H18ClN3/c1-2-3-4-7-10-20-11-18-14-15(20)12-8-5-6-9-13(12)19-16(14)17/h5-6,8-9,11H,2-4,7,10H2,1H3. The van der Waals surface area contributed by atoms with E-state index in [4.69, 9.17) is 11.6 Å². The lowest BCUT2D eigenvalue weighted by molar-refractivity contribution is 0.592. The van der Waals surface area contributed by atoms with Crippen molar-refractivity contribution in [2.45, 2.75) is 39.2 Å². The van der Waals surface area contributed by atoms with E-state index in [1.807, 2.05) is 24.5 Å². The lowest BCUT2D eigenvalue weighted by Gasteiger charge is -2.07. The molecule has 2 heterocycles. The smallest absolute Gasteiger partial charge is 0.157 e. The molecule has 0 aliphatic heterocycles. The molecule has 1 aromatic carbocycles. The first kappa shape index (κ1) is 13.4. The number of para-hydroxylation sites is 1. The van der Waals surface area contributed by atoms with Gasteiger partial charge in [0.25, 0.3) is 0 Å². The molecule has 20 heavy (non-hydrogen) atoms. The van der Waals surface area contributed by atoms with Crippen LogP contribution in [0.2, 0.25) is 5.15 Å². The molecule has 3 nitrogen and oxygen atoms in total. The molecule has 3 rings (SSSR count). The van der Waals surface area contributed by atoms with Gasteiger partial charge >= 0.3 is 0 Å². The number of unbranched alkanes of at least 4 members (excludes halogenated alkanes) is 3. The molecule has 0 amide bonds. The Morgan fingerprint density at radius 1 is 1.15 bits per heavy atom. The number of benzene rings is 1. The van der Waals surface area contributed by atoms with Crippen LogP contribution in [0.5, 0.6) is 0 Å². The van der Waals surface area contributed by atoms with E-state index in [2.05, 4.69) is 27.5 Å². The molecule has 0 spiro atoms. The van der Waals surface area contributed by atoms with E-state index >= 15 is 0 Å². The third-order valence-electron chi connectivity index (χ3n) is 3.66. The zero-order chi connectivity index (χ0) is 13.9. The van der Waals surface area contributed by atoms with E-state index in [0.717, 1.165) is 28.5 Å². The Hall–Kier alpha value is -1.61. The zero-order valence-electron chi connectivity index (χ0n) is 11.6. The van der Waals surface area contributed by atoms with Crippen LogP contribution < -0.4 is 0 Å². The molecule has 0 radical (unpaired) electrons. The Morgan fingerprint density at radius 2 is 2.00 bits per heavy atom. The van der Waals surface area contributed by atoms with Gasteiger partial charge in [-0.15, -0.1) is 0 Å². The Bertz CT molecular complexity index is 733. The number of halogens is 1. The number of aryl methyl sites for hydroxylation is 1. The number of imidazole rings is 1. The Balaban J connectivity index is 2.05. The Morgan fingerprint density at radius 3 is 2.85 bits per heavy atom. The van der Waals surface area contributed by atoms with Crippen molar-refractivity contribution in [2.24, 2.45) is 0 Å². The summed E-state index contributed by atoms with van der Waals surface area (Å²) in [5.41, 5.74) is 2.85. The highest BCUT2D eigenvalue weighted by molar-refractivity contribution is 6.35. The van der Waals surface area contributed by atoms with Crippen LogP contribution in [0.4, 0.5) is 0 Å². The number of rotatable bonds is 5. The molecule has 0 atom stereocenters. The highest BCUT2D eigenvalue weighted by Gasteiger charge is 2.12. The lowest BCUT2D eigenvalue weighted by atomic mass is 10.2. The minimum atomic E-state index is 0.492. The minimum absolute atomic E-state index is 0.492. The molecule has 4 heteroatoms. The van der Waals surface area contributed by atoms with E-state index in [1.54, 1.807) is 0 Å². The topological polar surface area (TPSA) is 30.7 Å². The van der Waals surface area contributed by atoms with Crippen molar-refractivity contribution < 1.29 is 0 Å². The molecule has 0 saturated heterocycles. The van der Waals surface area contributed by atoms with Crippen LogP contribution in [0.1, 0.15) is 32.6 Å². The Labute approximate surface area is 123 Å². The first-order chi connectivity index (χ1) is 9.81. The van der Waals surface area contributed by atoms with Crippen LogP contribution in [0.3, 0.4) is 0 Å². The van der Waals surface area contributed by atoms with Gasteiger partial charge in [-0.05, 0) is 12.5 Å². The summed E-state index contributed by atoms with van der Waals surface area (Å²) >= 11 is 6.25. The predicted octanol–water partition coefficient (Wildman–Crippen LogP) is 4.82. The monoisotopic (exact) mass is 287 g/mol. The van der Waals surface area contributed by atoms with Crippen LogP contribution in [0, 0.1) is 0 Å². The predicted molar refractivity (Wildman–Crippen MR) is 84.2 cm³/mol. The van der Waals surface area contributed by atoms with E-state index in [0.29, 0.717) is 5.15 Å². The summed E-state index contributed by atoms with van der Waals surface area (Å²) in [5.74, 6) is 0. The number of fused-ring (bicyclic) bond motifs is 3. The highest BCUT2D eigenvalue weighted by Crippen LogP contribution is 2.28. The van der Waals surface area contributed by atoms with E-state index in [-0.39, 0.29) is 0 Å². The van der Waals surface area contributed by atoms with E-state index in [1.165, 1.54) is 25.7 Å². The molecule has 0 N–H and O–H groups in total. The average molecular weight is 288 g/mol. The maximum Gasteiger partial charge on any atom is 0.157 e. The van der Waals surface area contributed by atoms with Crippen LogP contribution in [-0.2, 0) is 6.54 Å². The fourth-order valence-corrected chi connectivity index (χ4v) is 2.85. The molecule has 3 aromatic rings. The fraction of sp³-hybridized carbons (Fsp3) is 0.375. The average Bonchev–Trinajstić information content (AvgIpc) is 2.89. The molecule has 104 valence electrons. The first-order valence-electron chi connectivity index (χ1n) is 7.20. The van der Waals surface area contributed by atoms with Gasteiger partial charge in [0.15, 0.2) is 5.15 Å². The van der Waals surface area contributed by atoms with Gasteiger partial charge < -0.3 is 4.57 Å². The summed E-state index contributed by atoms with van der Waals surface area (Å²) in [7, 11) is 0. The van der Waals surface area contributed by atoms with Gasteiger partial charge in [-0.3, -0.25) is 0 Å². The second-order valence-electron chi connectivity index (χ2n) is 5.12. The zero-order valence-corrected chi connectivity index (χ0v) is 12.4. The van der Waals surface area contributed by atoms with Crippen molar-refractivity contribution in [3.63, 3.8) is 0 Å². The van der Waals surface area contributed by atoms with Crippen molar-refractivity contribution in [3.05, 3.63) is 35.7 Å². The van der Waals surface area contributed by atoms with Crippen molar-refractivity contribution in [2.75, 3.05) is 0 Å². The van der Waals surface area contributed by atoms with Crippen molar-refractivity contribution in [1.82, 2.24) is 14.5 Å². The van der Waals surface area contributed by atoms with Crippen LogP contribution in [-0.4, -0.2) is 14.5 Å². The Kier molecular flexibility index (Phi) is 3.88. The molecule has 0 fully saturated rings. The summed E-state index contributed by atoms with van der Waals surface area (Å²) in [5, 5.41) is 1.62. The van der Waals surface area contributed by atoms with Gasteiger partial charge in [-0.1, -0.05) is 56.0 Å². The first-order valence-corrected chi connectivity index (χ1v) is 7.58. The number of aromatic nitrogens is 3. The van der Waals surface area contributed by atoms with E-state index < -0.39 is 0 Å². The number of pyridine rings is 1. The number of nitrogens with zero attached hydrogens (tertiary/aromatic N) is 3. The third kappa shape index (κ3) is 2.38. The third-order valence-corrected chi connectivity index (χ3v) is 3.93. The summed E-state index contributed by atoms with van der Waals surface area (Å²) in [6.07, 6.45) is 6.86. The maximum absolute atomic E-state index is 6.25. The molecule has 0 aliphatic rings. The number of hydrogen-bond donors (Lipinski definition) is 0. The summed E-state index contributed by atoms with van der Waals surface area (Å²) in [4.78, 5) is 8.85. The van der Waals surface area contributed by atoms with Gasteiger partial charge in [0.1, 0.15) is 5.52 Å². The largest absolute Gasteiger partial charge is 0.330 e. The van der Waals surface area contributed by atoms with Gasteiger partial charge in [0.2, 0.25) is 0 Å². The number of hydrogen-bond acceptors (Lipinski definition) is 2. The molecular weight excluding hydrogens is 270 g/mol. The molecular formula is C16H18ClN3. The summed E-state index contributed by atoms with van der Waals surface area (Å²) < 4.78 is 2.21. The second kappa shape index (κ2) is 5.80. The lowest BCUT2D eigenvalue weighted by Crippen LogP contribution is -1.97. The molecule has 0 aliphatic carbocycles. The second-order valence-corrected chi connectivity index (χ2v) is 5.47. The maximum atomic E-state index is 6.25. The minimum Gasteiger partial charge on any atom is -0.330 e. The van der Waals surface area contributed by atoms with E-state index in [9.17, 15) is 0 Å². The summed E-state index contributed by atoms with van der Waals surface area (Å²) in [6, 6.07) is 8.10. The SMILES string of the molecule is CCCCCCn1cnc2c(Cl)nc3ccccc3c21. The van der Waals surface area contributed by atoms with Crippen LogP contribution in [0.25, 0.3) is 21.9 Å². The van der Waals surface area contributed by atoms with Gasteiger partial charge in [0.05, 0.1) is 17.4 Å². The van der Waals surface area contributed by atoms with Gasteiger partial charge in [-0.2, -0.15) is 0 Å². The molecule has 2 aromatic heterocycles. The summed E-state index contributed by atoms with van der Waals surface area (Å²) in [6.45, 7) is 3.21. The van der Waals surface area contributed by atoms with Crippen LogP contribution in [0.15, 0.2) is 30.6 Å². The van der Waals surface area contributed by atoms with Gasteiger partial charge in [0, 0.05) is 11.9 Å². The molecule has 0 saturated carbocycles. The fourth-order valence-electron chi connectivity index (χ4n) is 2.62. The quantitative estimate of drug-likeness (QED) is 0.497. The van der Waals surface area contributed by atoms with Crippen molar-refractivity contribution in [3.8, 4) is 0 Å². The highest BCUT2D eigenvalue weighted by atomic mass is 35.5. The van der Waals surface area contributed by atoms with Gasteiger partial charge in [-0.25, -0.2) is 9.97 Å². The van der Waals surface area contributed by atoms with Crippen molar-refractivity contribution in [1.29, 1.82) is 0 Å². The molecule has 0 bridgehead atoms. The van der Waals surface area contributed by atoms with Crippen LogP contribution >= 0.6 is 11.6 Å². The van der Waals surface area contributed by atoms with Crippen molar-refractivity contribution >= 4 is 33.5 Å².